The van der Waals surface area contributed by atoms with Crippen molar-refractivity contribution < 1.29 is 28.2 Å². The minimum atomic E-state index is -2.36. The van der Waals surface area contributed by atoms with Crippen LogP contribution in [0.25, 0.3) is 0 Å². The fourth-order valence-corrected chi connectivity index (χ4v) is 3.47. The quantitative estimate of drug-likeness (QED) is 0.513. The summed E-state index contributed by atoms with van der Waals surface area (Å²) in [6, 6.07) is 0. The van der Waals surface area contributed by atoms with Crippen molar-refractivity contribution in [2.45, 2.75) is 57.8 Å². The van der Waals surface area contributed by atoms with E-state index in [9.17, 15) is 14.2 Å². The van der Waals surface area contributed by atoms with Gasteiger partial charge in [-0.2, -0.15) is 0 Å². The van der Waals surface area contributed by atoms with Gasteiger partial charge in [-0.05, 0) is 18.1 Å². The first-order chi connectivity index (χ1) is 9.39. The topological polar surface area (TPSA) is 89.9 Å². The standard InChI is InChI=1S/C13H27O6PSi/c1-13(2,3)21(5,6)19-11(8-12(15)16)7-10(14)9-20(17)18-4/h11,20H,7-9H2,1-6H3,(H,15,16). The maximum absolute atomic E-state index is 11.8. The van der Waals surface area contributed by atoms with E-state index in [1.165, 1.54) is 7.11 Å². The van der Waals surface area contributed by atoms with Crippen LogP contribution in [0.1, 0.15) is 33.6 Å². The van der Waals surface area contributed by atoms with Crippen molar-refractivity contribution in [1.29, 1.82) is 0 Å². The molecule has 0 rings (SSSR count). The molecule has 0 spiro atoms. The molecular weight excluding hydrogens is 311 g/mol. The molecule has 0 fully saturated rings. The lowest BCUT2D eigenvalue weighted by Gasteiger charge is -2.39. The molecule has 0 aliphatic heterocycles. The summed E-state index contributed by atoms with van der Waals surface area (Å²) in [7, 11) is -3.24. The van der Waals surface area contributed by atoms with Gasteiger partial charge in [0.2, 0.25) is 0 Å². The molecule has 0 bridgehead atoms. The first-order valence-corrected chi connectivity index (χ1v) is 11.3. The van der Waals surface area contributed by atoms with Gasteiger partial charge in [-0.3, -0.25) is 14.2 Å². The van der Waals surface area contributed by atoms with Crippen LogP contribution >= 0.6 is 8.03 Å². The van der Waals surface area contributed by atoms with Crippen LogP contribution in [0.5, 0.6) is 0 Å². The zero-order valence-corrected chi connectivity index (χ0v) is 15.7. The van der Waals surface area contributed by atoms with Crippen molar-refractivity contribution >= 4 is 28.1 Å². The summed E-state index contributed by atoms with van der Waals surface area (Å²) in [5.74, 6) is -1.29. The summed E-state index contributed by atoms with van der Waals surface area (Å²) in [6.07, 6.45) is -1.12. The third-order valence-corrected chi connectivity index (χ3v) is 9.37. The molecule has 2 unspecified atom stereocenters. The van der Waals surface area contributed by atoms with E-state index < -0.39 is 28.4 Å². The highest BCUT2D eigenvalue weighted by atomic mass is 31.1. The van der Waals surface area contributed by atoms with Crippen molar-refractivity contribution in [1.82, 2.24) is 0 Å². The number of hydrogen-bond acceptors (Lipinski definition) is 5. The zero-order valence-electron chi connectivity index (χ0n) is 13.7. The molecule has 0 heterocycles. The Morgan fingerprint density at radius 1 is 1.24 bits per heavy atom. The highest BCUT2D eigenvalue weighted by molar-refractivity contribution is 7.40. The maximum Gasteiger partial charge on any atom is 0.305 e. The van der Waals surface area contributed by atoms with E-state index >= 15 is 0 Å². The number of rotatable bonds is 9. The number of ketones is 1. The third kappa shape index (κ3) is 7.90. The average Bonchev–Trinajstić information content (AvgIpc) is 2.25. The highest BCUT2D eigenvalue weighted by Crippen LogP contribution is 2.38. The Kier molecular flexibility index (Phi) is 8.03. The first kappa shape index (κ1) is 20.5. The molecule has 124 valence electrons. The van der Waals surface area contributed by atoms with Crippen molar-refractivity contribution in [3.05, 3.63) is 0 Å². The normalized spacial score (nSPS) is 15.5. The number of carbonyl (C=O) groups excluding carboxylic acids is 1. The monoisotopic (exact) mass is 338 g/mol. The molecule has 0 radical (unpaired) electrons. The number of carboxylic acids is 1. The van der Waals surface area contributed by atoms with E-state index in [0.29, 0.717) is 0 Å². The second-order valence-electron chi connectivity index (χ2n) is 6.59. The van der Waals surface area contributed by atoms with Crippen LogP contribution in [0.15, 0.2) is 0 Å². The van der Waals surface area contributed by atoms with Crippen molar-refractivity contribution in [3.8, 4) is 0 Å². The van der Waals surface area contributed by atoms with E-state index in [1.807, 2.05) is 33.9 Å². The van der Waals surface area contributed by atoms with Gasteiger partial charge in [-0.25, -0.2) is 0 Å². The Morgan fingerprint density at radius 2 is 1.76 bits per heavy atom. The van der Waals surface area contributed by atoms with Crippen LogP contribution in [-0.2, 0) is 23.1 Å². The Morgan fingerprint density at radius 3 is 2.14 bits per heavy atom. The van der Waals surface area contributed by atoms with Gasteiger partial charge in [-0.1, -0.05) is 20.8 Å². The second kappa shape index (κ2) is 8.22. The van der Waals surface area contributed by atoms with Gasteiger partial charge in [0.25, 0.3) is 0 Å². The van der Waals surface area contributed by atoms with Gasteiger partial charge in [0, 0.05) is 13.5 Å². The fraction of sp³-hybridized carbons (Fsp3) is 0.846. The van der Waals surface area contributed by atoms with E-state index in [4.69, 9.17) is 9.53 Å². The van der Waals surface area contributed by atoms with Gasteiger partial charge in [-0.15, -0.1) is 0 Å². The average molecular weight is 338 g/mol. The predicted octanol–water partition coefficient (Wildman–Crippen LogP) is 2.93. The molecule has 0 aromatic carbocycles. The van der Waals surface area contributed by atoms with E-state index in [2.05, 4.69) is 4.52 Å². The van der Waals surface area contributed by atoms with E-state index in [0.717, 1.165) is 0 Å². The lowest BCUT2D eigenvalue weighted by Crippen LogP contribution is -2.45. The van der Waals surface area contributed by atoms with Crippen molar-refractivity contribution in [2.24, 2.45) is 0 Å². The van der Waals surface area contributed by atoms with E-state index in [1.54, 1.807) is 0 Å². The molecule has 21 heavy (non-hydrogen) atoms. The Bertz CT molecular complexity index is 402. The summed E-state index contributed by atoms with van der Waals surface area (Å²) in [4.78, 5) is 22.8. The van der Waals surface area contributed by atoms with Gasteiger partial charge in [0.05, 0.1) is 18.7 Å². The summed E-state index contributed by atoms with van der Waals surface area (Å²) in [6.45, 7) is 10.1. The van der Waals surface area contributed by atoms with Crippen LogP contribution in [0.2, 0.25) is 18.1 Å². The van der Waals surface area contributed by atoms with Crippen LogP contribution in [0.4, 0.5) is 0 Å². The molecule has 0 aliphatic carbocycles. The van der Waals surface area contributed by atoms with Crippen LogP contribution in [0.3, 0.4) is 0 Å². The first-order valence-electron chi connectivity index (χ1n) is 6.87. The SMILES string of the molecule is CO[PH](=O)CC(=O)CC(CC(=O)O)O[Si](C)(C)C(C)(C)C. The molecule has 0 aliphatic rings. The Balaban J connectivity index is 4.85. The molecule has 1 N–H and O–H groups in total. The minimum absolute atomic E-state index is 0.0431. The maximum atomic E-state index is 11.8. The number of carboxylic acid groups (broad SMARTS) is 1. The number of aliphatic carboxylic acids is 1. The summed E-state index contributed by atoms with van der Waals surface area (Å²) in [5, 5.41) is 8.89. The fourth-order valence-electron chi connectivity index (χ4n) is 1.50. The van der Waals surface area contributed by atoms with Gasteiger partial charge < -0.3 is 14.1 Å². The number of hydrogen-bond donors (Lipinski definition) is 1. The smallest absolute Gasteiger partial charge is 0.305 e. The third-order valence-electron chi connectivity index (χ3n) is 3.69. The molecule has 2 atom stereocenters. The minimum Gasteiger partial charge on any atom is -0.481 e. The van der Waals surface area contributed by atoms with Crippen LogP contribution in [0, 0.1) is 0 Å². The molecule has 0 amide bonds. The van der Waals surface area contributed by atoms with Crippen LogP contribution in [-0.4, -0.2) is 44.6 Å². The Labute approximate surface area is 128 Å². The molecule has 0 aromatic rings. The van der Waals surface area contributed by atoms with Gasteiger partial charge in [0.15, 0.2) is 16.3 Å². The lowest BCUT2D eigenvalue weighted by molar-refractivity contribution is -0.139. The number of Topliss-reactive ketones (excluding diaryl/α,β-unsaturated/α-hetero) is 1. The largest absolute Gasteiger partial charge is 0.481 e. The number of carbonyl (C=O) groups is 2. The summed E-state index contributed by atoms with van der Waals surface area (Å²) >= 11 is 0. The molecule has 0 saturated heterocycles. The van der Waals surface area contributed by atoms with E-state index in [-0.39, 0.29) is 29.8 Å². The summed E-state index contributed by atoms with van der Waals surface area (Å²) in [5.41, 5.74) is 0. The summed E-state index contributed by atoms with van der Waals surface area (Å²) < 4.78 is 21.9. The lowest BCUT2D eigenvalue weighted by atomic mass is 10.1. The molecule has 6 nitrogen and oxygen atoms in total. The molecule has 0 saturated carbocycles. The molecule has 8 heteroatoms. The second-order valence-corrected chi connectivity index (χ2v) is 12.9. The predicted molar refractivity (Wildman–Crippen MR) is 84.8 cm³/mol. The highest BCUT2D eigenvalue weighted by Gasteiger charge is 2.39. The van der Waals surface area contributed by atoms with Gasteiger partial charge in [0.1, 0.15) is 5.78 Å². The molecular formula is C13H27O6PSi. The van der Waals surface area contributed by atoms with Gasteiger partial charge >= 0.3 is 5.97 Å². The van der Waals surface area contributed by atoms with Crippen molar-refractivity contribution in [3.63, 3.8) is 0 Å². The zero-order chi connectivity index (χ0) is 16.8. The van der Waals surface area contributed by atoms with Crippen LogP contribution < -0.4 is 0 Å². The Hall–Kier alpha value is -0.493. The molecule has 0 aromatic heterocycles. The van der Waals surface area contributed by atoms with Crippen molar-refractivity contribution in [2.75, 3.05) is 13.3 Å².